The fourth-order valence-corrected chi connectivity index (χ4v) is 6.32. The number of hydrogen-bond donors (Lipinski definition) is 1. The number of aromatic hydroxyl groups is 1. The van der Waals surface area contributed by atoms with Crippen LogP contribution in [-0.4, -0.2) is 26.8 Å². The summed E-state index contributed by atoms with van der Waals surface area (Å²) < 4.78 is 1.86. The maximum absolute atomic E-state index is 9.86. The van der Waals surface area contributed by atoms with Crippen molar-refractivity contribution >= 4 is 11.9 Å². The van der Waals surface area contributed by atoms with Crippen LogP contribution in [0.1, 0.15) is 67.3 Å². The van der Waals surface area contributed by atoms with Gasteiger partial charge in [-0.05, 0) is 86.5 Å². The van der Waals surface area contributed by atoms with Crippen LogP contribution in [0.2, 0.25) is 0 Å². The second-order valence-corrected chi connectivity index (χ2v) is 9.39. The third-order valence-corrected chi connectivity index (χ3v) is 8.10. The standard InChI is InChI=1S/C24H30N4O/c1-15-17(14-26-28(15)3)13-25-27-23-9-8-22-21-6-4-16-12-18(29)5-7-19(16)20(21)10-11-24(22,23)2/h5,7,12-14,20-22,29H,4,6,8-11H2,1-3H3/b25-13-,27-23-/t20-,21-,22-,24+/m1/s1. The van der Waals surface area contributed by atoms with Crippen LogP contribution in [0.5, 0.6) is 5.75 Å². The van der Waals surface area contributed by atoms with Crippen LogP contribution in [0.25, 0.3) is 0 Å². The smallest absolute Gasteiger partial charge is 0.115 e. The topological polar surface area (TPSA) is 62.8 Å². The van der Waals surface area contributed by atoms with Gasteiger partial charge < -0.3 is 5.11 Å². The maximum atomic E-state index is 9.86. The van der Waals surface area contributed by atoms with E-state index in [0.717, 1.165) is 30.0 Å². The van der Waals surface area contributed by atoms with Crippen molar-refractivity contribution in [2.24, 2.45) is 34.5 Å². The van der Waals surface area contributed by atoms with Crippen molar-refractivity contribution in [3.8, 4) is 5.75 Å². The van der Waals surface area contributed by atoms with Crippen molar-refractivity contribution in [2.45, 2.75) is 58.3 Å². The molecule has 2 aromatic rings. The predicted molar refractivity (Wildman–Crippen MR) is 116 cm³/mol. The third-order valence-electron chi connectivity index (χ3n) is 8.10. The Bertz CT molecular complexity index is 1000. The van der Waals surface area contributed by atoms with E-state index >= 15 is 0 Å². The molecular formula is C24H30N4O. The quantitative estimate of drug-likeness (QED) is 0.593. The number of aryl methyl sites for hydroxylation is 2. The summed E-state index contributed by atoms with van der Waals surface area (Å²) >= 11 is 0. The fourth-order valence-electron chi connectivity index (χ4n) is 6.32. The van der Waals surface area contributed by atoms with Gasteiger partial charge in [-0.1, -0.05) is 13.0 Å². The van der Waals surface area contributed by atoms with Crippen LogP contribution in [0, 0.1) is 24.2 Å². The summed E-state index contributed by atoms with van der Waals surface area (Å²) in [6.07, 6.45) is 10.7. The molecule has 0 saturated heterocycles. The normalized spacial score (nSPS) is 32.4. The third kappa shape index (κ3) is 2.93. The number of rotatable bonds is 2. The second kappa shape index (κ2) is 6.82. The van der Waals surface area contributed by atoms with E-state index in [0.29, 0.717) is 17.6 Å². The van der Waals surface area contributed by atoms with Crippen LogP contribution in [-0.2, 0) is 13.5 Å². The first kappa shape index (κ1) is 18.6. The summed E-state index contributed by atoms with van der Waals surface area (Å²) in [7, 11) is 1.95. The van der Waals surface area contributed by atoms with Crippen LogP contribution in [0.15, 0.2) is 34.6 Å². The summed E-state index contributed by atoms with van der Waals surface area (Å²) in [6.45, 7) is 4.48. The lowest BCUT2D eigenvalue weighted by Gasteiger charge is -2.49. The van der Waals surface area contributed by atoms with E-state index in [1.807, 2.05) is 36.3 Å². The zero-order valence-electron chi connectivity index (χ0n) is 17.6. The zero-order valence-corrected chi connectivity index (χ0v) is 17.6. The molecule has 0 amide bonds. The highest BCUT2D eigenvalue weighted by Crippen LogP contribution is 2.60. The molecule has 5 nitrogen and oxygen atoms in total. The number of phenolic OH excluding ortho intramolecular Hbond substituents is 1. The molecule has 4 atom stereocenters. The summed E-state index contributed by atoms with van der Waals surface area (Å²) in [5.41, 5.74) is 6.45. The predicted octanol–water partition coefficient (Wildman–Crippen LogP) is 4.77. The van der Waals surface area contributed by atoms with Gasteiger partial charge in [0.05, 0.1) is 12.4 Å². The minimum absolute atomic E-state index is 0.177. The minimum atomic E-state index is 0.177. The molecule has 1 aromatic heterocycles. The summed E-state index contributed by atoms with van der Waals surface area (Å²) in [6, 6.07) is 6.02. The van der Waals surface area contributed by atoms with Crippen molar-refractivity contribution in [1.82, 2.24) is 9.78 Å². The Morgan fingerprint density at radius 3 is 2.90 bits per heavy atom. The summed E-state index contributed by atoms with van der Waals surface area (Å²) in [5, 5.41) is 23.3. The molecule has 3 aliphatic carbocycles. The van der Waals surface area contributed by atoms with Crippen molar-refractivity contribution in [3.05, 3.63) is 46.8 Å². The van der Waals surface area contributed by atoms with Crippen LogP contribution in [0.3, 0.4) is 0 Å². The number of hydrogen-bond acceptors (Lipinski definition) is 4. The van der Waals surface area contributed by atoms with E-state index < -0.39 is 0 Å². The van der Waals surface area contributed by atoms with Crippen molar-refractivity contribution in [3.63, 3.8) is 0 Å². The molecule has 5 heteroatoms. The van der Waals surface area contributed by atoms with Crippen molar-refractivity contribution < 1.29 is 5.11 Å². The molecule has 0 radical (unpaired) electrons. The van der Waals surface area contributed by atoms with Gasteiger partial charge in [-0.15, -0.1) is 0 Å². The highest BCUT2D eigenvalue weighted by molar-refractivity contribution is 5.93. The summed E-state index contributed by atoms with van der Waals surface area (Å²) in [5.74, 6) is 2.46. The van der Waals surface area contributed by atoms with Gasteiger partial charge >= 0.3 is 0 Å². The van der Waals surface area contributed by atoms with Gasteiger partial charge in [0, 0.05) is 29.4 Å². The Kier molecular flexibility index (Phi) is 4.37. The van der Waals surface area contributed by atoms with Crippen LogP contribution in [0.4, 0.5) is 0 Å². The number of aromatic nitrogens is 2. The van der Waals surface area contributed by atoms with E-state index in [1.165, 1.54) is 42.5 Å². The Hall–Kier alpha value is -2.43. The Morgan fingerprint density at radius 1 is 1.24 bits per heavy atom. The first-order valence-electron chi connectivity index (χ1n) is 10.9. The van der Waals surface area contributed by atoms with E-state index in [1.54, 1.807) is 0 Å². The van der Waals surface area contributed by atoms with E-state index in [4.69, 9.17) is 5.10 Å². The molecule has 2 saturated carbocycles. The van der Waals surface area contributed by atoms with Gasteiger partial charge in [0.25, 0.3) is 0 Å². The zero-order chi connectivity index (χ0) is 20.2. The number of nitrogens with zero attached hydrogens (tertiary/aromatic N) is 4. The number of fused-ring (bicyclic) bond motifs is 5. The Morgan fingerprint density at radius 2 is 2.10 bits per heavy atom. The van der Waals surface area contributed by atoms with E-state index in [9.17, 15) is 5.11 Å². The van der Waals surface area contributed by atoms with Crippen LogP contribution < -0.4 is 0 Å². The lowest BCUT2D eigenvalue weighted by molar-refractivity contribution is 0.0955. The number of phenols is 1. The van der Waals surface area contributed by atoms with E-state index in [-0.39, 0.29) is 5.41 Å². The second-order valence-electron chi connectivity index (χ2n) is 9.39. The minimum Gasteiger partial charge on any atom is -0.508 e. The van der Waals surface area contributed by atoms with Crippen molar-refractivity contribution in [2.75, 3.05) is 0 Å². The molecule has 152 valence electrons. The molecule has 1 N–H and O–H groups in total. The van der Waals surface area contributed by atoms with Gasteiger partial charge in [0.15, 0.2) is 0 Å². The lowest BCUT2D eigenvalue weighted by Crippen LogP contribution is -2.42. The molecular weight excluding hydrogens is 360 g/mol. The average Bonchev–Trinajstić information content (AvgIpc) is 3.21. The highest BCUT2D eigenvalue weighted by atomic mass is 16.3. The molecule has 1 aromatic carbocycles. The molecule has 29 heavy (non-hydrogen) atoms. The van der Waals surface area contributed by atoms with Crippen molar-refractivity contribution in [1.29, 1.82) is 0 Å². The van der Waals surface area contributed by atoms with Crippen LogP contribution >= 0.6 is 0 Å². The van der Waals surface area contributed by atoms with Gasteiger partial charge in [-0.2, -0.15) is 15.3 Å². The van der Waals surface area contributed by atoms with E-state index in [2.05, 4.69) is 30.1 Å². The molecule has 0 aliphatic heterocycles. The molecule has 2 fully saturated rings. The average molecular weight is 391 g/mol. The maximum Gasteiger partial charge on any atom is 0.115 e. The fraction of sp³-hybridized carbons (Fsp3) is 0.542. The molecule has 0 unspecified atom stereocenters. The largest absolute Gasteiger partial charge is 0.508 e. The summed E-state index contributed by atoms with van der Waals surface area (Å²) in [4.78, 5) is 0. The molecule has 0 spiro atoms. The van der Waals surface area contributed by atoms with Gasteiger partial charge in [-0.3, -0.25) is 4.68 Å². The first-order chi connectivity index (χ1) is 14.0. The molecule has 5 rings (SSSR count). The molecule has 3 aliphatic rings. The molecule has 0 bridgehead atoms. The monoisotopic (exact) mass is 390 g/mol. The molecule has 1 heterocycles. The van der Waals surface area contributed by atoms with Gasteiger partial charge in [0.1, 0.15) is 5.75 Å². The lowest BCUT2D eigenvalue weighted by atomic mass is 9.55. The Labute approximate surface area is 172 Å². The SMILES string of the molecule is Cc1c(/C=N\N=C2\CC[C@@H]3[C@@H]4CCc5cc(O)ccc5[C@H]4CC[C@]23C)cnn1C. The van der Waals surface area contributed by atoms with Gasteiger partial charge in [-0.25, -0.2) is 0 Å². The highest BCUT2D eigenvalue weighted by Gasteiger charge is 2.53. The van der Waals surface area contributed by atoms with Gasteiger partial charge in [0.2, 0.25) is 0 Å². The first-order valence-corrected chi connectivity index (χ1v) is 10.9. The number of benzene rings is 1. The Balaban J connectivity index is 1.39.